The maximum absolute atomic E-state index is 13.2. The van der Waals surface area contributed by atoms with Gasteiger partial charge >= 0.3 is 0 Å². The van der Waals surface area contributed by atoms with E-state index < -0.39 is 0 Å². The SMILES string of the molecule is CN1Cc2c(ccc3c2CCO3)C(c2ccc(F)cc2)C1. The van der Waals surface area contributed by atoms with Crippen LogP contribution in [-0.2, 0) is 13.0 Å². The standard InChI is InChI=1S/C18H18FNO/c1-20-10-16(12-2-4-13(19)5-3-12)14-6-7-18-15(8-9-21-18)17(14)11-20/h2-7,16H,8-11H2,1H3. The van der Waals surface area contributed by atoms with Crippen molar-refractivity contribution in [3.63, 3.8) is 0 Å². The lowest BCUT2D eigenvalue weighted by atomic mass is 9.82. The number of halogens is 1. The van der Waals surface area contributed by atoms with Crippen LogP contribution in [0.5, 0.6) is 5.75 Å². The lowest BCUT2D eigenvalue weighted by Gasteiger charge is -2.33. The van der Waals surface area contributed by atoms with Crippen molar-refractivity contribution in [1.82, 2.24) is 4.90 Å². The van der Waals surface area contributed by atoms with E-state index in [1.807, 2.05) is 12.1 Å². The van der Waals surface area contributed by atoms with E-state index in [1.165, 1.54) is 22.3 Å². The van der Waals surface area contributed by atoms with Crippen molar-refractivity contribution in [3.8, 4) is 5.75 Å². The van der Waals surface area contributed by atoms with E-state index >= 15 is 0 Å². The average molecular weight is 283 g/mol. The van der Waals surface area contributed by atoms with Crippen molar-refractivity contribution < 1.29 is 9.13 Å². The molecule has 0 radical (unpaired) electrons. The van der Waals surface area contributed by atoms with Crippen LogP contribution in [0.15, 0.2) is 36.4 Å². The molecule has 0 saturated carbocycles. The quantitative estimate of drug-likeness (QED) is 0.796. The van der Waals surface area contributed by atoms with Crippen LogP contribution in [0.3, 0.4) is 0 Å². The fourth-order valence-electron chi connectivity index (χ4n) is 3.60. The second-order valence-electron chi connectivity index (χ2n) is 6.01. The maximum Gasteiger partial charge on any atom is 0.123 e. The number of ether oxygens (including phenoxy) is 1. The van der Waals surface area contributed by atoms with Gasteiger partial charge in [0.25, 0.3) is 0 Å². The largest absolute Gasteiger partial charge is 0.493 e. The summed E-state index contributed by atoms with van der Waals surface area (Å²) in [5, 5.41) is 0. The number of likely N-dealkylation sites (N-methyl/N-ethyl adjacent to an activating group) is 1. The first-order chi connectivity index (χ1) is 10.2. The first kappa shape index (κ1) is 12.8. The molecule has 21 heavy (non-hydrogen) atoms. The molecule has 2 aromatic carbocycles. The Hall–Kier alpha value is -1.87. The molecule has 0 saturated heterocycles. The van der Waals surface area contributed by atoms with Crippen molar-refractivity contribution in [2.45, 2.75) is 18.9 Å². The minimum absolute atomic E-state index is 0.175. The summed E-state index contributed by atoms with van der Waals surface area (Å²) in [6, 6.07) is 11.2. The van der Waals surface area contributed by atoms with Crippen LogP contribution in [-0.4, -0.2) is 25.1 Å². The summed E-state index contributed by atoms with van der Waals surface area (Å²) >= 11 is 0. The maximum atomic E-state index is 13.2. The molecule has 0 amide bonds. The summed E-state index contributed by atoms with van der Waals surface area (Å²) in [7, 11) is 2.15. The van der Waals surface area contributed by atoms with Crippen LogP contribution in [0.25, 0.3) is 0 Å². The summed E-state index contributed by atoms with van der Waals surface area (Å²) in [6.45, 7) is 2.73. The minimum atomic E-state index is -0.175. The normalized spacial score (nSPS) is 20.8. The Bertz CT molecular complexity index is 680. The molecule has 2 nitrogen and oxygen atoms in total. The Balaban J connectivity index is 1.83. The topological polar surface area (TPSA) is 12.5 Å². The molecule has 2 aliphatic rings. The van der Waals surface area contributed by atoms with Gasteiger partial charge in [-0.2, -0.15) is 0 Å². The summed E-state index contributed by atoms with van der Waals surface area (Å²) in [5.41, 5.74) is 5.34. The molecule has 2 aromatic rings. The van der Waals surface area contributed by atoms with E-state index in [0.29, 0.717) is 5.92 Å². The third-order valence-electron chi connectivity index (χ3n) is 4.60. The predicted molar refractivity (Wildman–Crippen MR) is 80.2 cm³/mol. The van der Waals surface area contributed by atoms with Crippen molar-refractivity contribution >= 4 is 0 Å². The van der Waals surface area contributed by atoms with E-state index in [-0.39, 0.29) is 5.82 Å². The predicted octanol–water partition coefficient (Wildman–Crippen LogP) is 3.34. The van der Waals surface area contributed by atoms with Crippen molar-refractivity contribution in [2.24, 2.45) is 0 Å². The molecule has 0 bridgehead atoms. The van der Waals surface area contributed by atoms with Gasteiger partial charge in [0.15, 0.2) is 0 Å². The van der Waals surface area contributed by atoms with Crippen LogP contribution in [0.4, 0.5) is 4.39 Å². The summed E-state index contributed by atoms with van der Waals surface area (Å²) in [5.74, 6) is 1.18. The third kappa shape index (κ3) is 2.12. The zero-order valence-electron chi connectivity index (χ0n) is 12.1. The Kier molecular flexibility index (Phi) is 2.96. The molecule has 1 atom stereocenters. The van der Waals surface area contributed by atoms with Gasteiger partial charge in [0.2, 0.25) is 0 Å². The van der Waals surface area contributed by atoms with Gasteiger partial charge in [-0.3, -0.25) is 0 Å². The van der Waals surface area contributed by atoms with Gasteiger partial charge in [-0.05, 0) is 41.9 Å². The second kappa shape index (κ2) is 4.85. The molecule has 2 aliphatic heterocycles. The highest BCUT2D eigenvalue weighted by Crippen LogP contribution is 2.39. The molecule has 4 rings (SSSR count). The smallest absolute Gasteiger partial charge is 0.123 e. The summed E-state index contributed by atoms with van der Waals surface area (Å²) in [4.78, 5) is 2.34. The van der Waals surface area contributed by atoms with Crippen molar-refractivity contribution in [2.75, 3.05) is 20.2 Å². The van der Waals surface area contributed by atoms with Crippen LogP contribution >= 0.6 is 0 Å². The lowest BCUT2D eigenvalue weighted by Crippen LogP contribution is -2.31. The highest BCUT2D eigenvalue weighted by atomic mass is 19.1. The van der Waals surface area contributed by atoms with Crippen molar-refractivity contribution in [3.05, 3.63) is 64.5 Å². The molecule has 3 heteroatoms. The van der Waals surface area contributed by atoms with Gasteiger partial charge in [0.1, 0.15) is 11.6 Å². The van der Waals surface area contributed by atoms with Crippen LogP contribution < -0.4 is 4.74 Å². The molecular weight excluding hydrogens is 265 g/mol. The number of rotatable bonds is 1. The summed E-state index contributed by atoms with van der Waals surface area (Å²) < 4.78 is 18.9. The highest BCUT2D eigenvalue weighted by Gasteiger charge is 2.29. The van der Waals surface area contributed by atoms with Crippen LogP contribution in [0.2, 0.25) is 0 Å². The van der Waals surface area contributed by atoms with Gasteiger partial charge in [-0.25, -0.2) is 4.39 Å². The van der Waals surface area contributed by atoms with Gasteiger partial charge in [-0.1, -0.05) is 18.2 Å². The van der Waals surface area contributed by atoms with Crippen LogP contribution in [0.1, 0.15) is 28.2 Å². The van der Waals surface area contributed by atoms with Crippen LogP contribution in [0, 0.1) is 5.82 Å². The van der Waals surface area contributed by atoms with Gasteiger partial charge in [-0.15, -0.1) is 0 Å². The Morgan fingerprint density at radius 3 is 2.71 bits per heavy atom. The summed E-state index contributed by atoms with van der Waals surface area (Å²) in [6.07, 6.45) is 1.00. The fourth-order valence-corrected chi connectivity index (χ4v) is 3.60. The Morgan fingerprint density at radius 2 is 1.90 bits per heavy atom. The highest BCUT2D eigenvalue weighted by molar-refractivity contribution is 5.51. The first-order valence-corrected chi connectivity index (χ1v) is 7.44. The first-order valence-electron chi connectivity index (χ1n) is 7.44. The molecule has 0 spiro atoms. The van der Waals surface area contributed by atoms with Crippen molar-refractivity contribution in [1.29, 1.82) is 0 Å². The second-order valence-corrected chi connectivity index (χ2v) is 6.01. The molecule has 0 aromatic heterocycles. The molecule has 108 valence electrons. The van der Waals surface area contributed by atoms with E-state index in [4.69, 9.17) is 4.74 Å². The number of hydrogen-bond donors (Lipinski definition) is 0. The molecule has 0 aliphatic carbocycles. The number of hydrogen-bond acceptors (Lipinski definition) is 2. The Morgan fingerprint density at radius 1 is 1.10 bits per heavy atom. The van der Waals surface area contributed by atoms with E-state index in [9.17, 15) is 4.39 Å². The minimum Gasteiger partial charge on any atom is -0.493 e. The third-order valence-corrected chi connectivity index (χ3v) is 4.60. The molecule has 0 N–H and O–H groups in total. The molecule has 1 unspecified atom stereocenters. The Labute approximate surface area is 124 Å². The number of benzene rings is 2. The molecule has 0 fully saturated rings. The van der Waals surface area contributed by atoms with Gasteiger partial charge in [0.05, 0.1) is 6.61 Å². The fraction of sp³-hybridized carbons (Fsp3) is 0.333. The van der Waals surface area contributed by atoms with Gasteiger partial charge < -0.3 is 9.64 Å². The number of fused-ring (bicyclic) bond motifs is 3. The van der Waals surface area contributed by atoms with Gasteiger partial charge in [0, 0.05) is 31.0 Å². The average Bonchev–Trinajstić information content (AvgIpc) is 2.96. The number of nitrogens with zero attached hydrogens (tertiary/aromatic N) is 1. The molecular formula is C18H18FNO. The monoisotopic (exact) mass is 283 g/mol. The lowest BCUT2D eigenvalue weighted by molar-refractivity contribution is 0.294. The van der Waals surface area contributed by atoms with E-state index in [1.54, 1.807) is 12.1 Å². The zero-order valence-corrected chi connectivity index (χ0v) is 12.1. The van der Waals surface area contributed by atoms with E-state index in [2.05, 4.69) is 24.1 Å². The zero-order chi connectivity index (χ0) is 14.4. The molecule has 2 heterocycles. The van der Waals surface area contributed by atoms with E-state index in [0.717, 1.165) is 31.9 Å².